The summed E-state index contributed by atoms with van der Waals surface area (Å²) in [5.74, 6) is 1.40. The number of hydrogen-bond acceptors (Lipinski definition) is 4. The molecule has 0 unspecified atom stereocenters. The molecule has 2 rings (SSSR count). The Labute approximate surface area is 134 Å². The third-order valence-electron chi connectivity index (χ3n) is 3.59. The Morgan fingerprint density at radius 1 is 1.41 bits per heavy atom. The molecule has 1 aliphatic rings. The van der Waals surface area contributed by atoms with E-state index in [1.807, 2.05) is 0 Å². The number of nitrogens with zero attached hydrogens (tertiary/aromatic N) is 1. The van der Waals surface area contributed by atoms with Crippen LogP contribution in [0.2, 0.25) is 0 Å². The van der Waals surface area contributed by atoms with Crippen molar-refractivity contribution in [2.45, 2.75) is 12.2 Å². The summed E-state index contributed by atoms with van der Waals surface area (Å²) in [6.07, 6.45) is 0.476. The molecule has 1 aliphatic heterocycles. The van der Waals surface area contributed by atoms with Crippen molar-refractivity contribution in [2.24, 2.45) is 5.92 Å². The van der Waals surface area contributed by atoms with E-state index in [0.29, 0.717) is 32.7 Å². The molecule has 4 nitrogen and oxygen atoms in total. The summed E-state index contributed by atoms with van der Waals surface area (Å²) in [6, 6.07) is 6.44. The van der Waals surface area contributed by atoms with Gasteiger partial charge < -0.3 is 14.7 Å². The number of thioether (sulfide) groups is 1. The van der Waals surface area contributed by atoms with Gasteiger partial charge in [0.05, 0.1) is 13.2 Å². The first-order valence-electron chi connectivity index (χ1n) is 7.47. The molecule has 0 aromatic heterocycles. The Bertz CT molecular complexity index is 469. The predicted octanol–water partition coefficient (Wildman–Crippen LogP) is 1.92. The first kappa shape index (κ1) is 17.2. The molecule has 0 spiro atoms. The maximum atomic E-state index is 12.8. The molecule has 0 aliphatic carbocycles. The summed E-state index contributed by atoms with van der Waals surface area (Å²) >= 11 is 1.67. The maximum Gasteiger partial charge on any atom is 0.223 e. The molecule has 1 N–H and O–H groups in total. The summed E-state index contributed by atoms with van der Waals surface area (Å²) < 4.78 is 18.2. The van der Waals surface area contributed by atoms with Gasteiger partial charge in [0.2, 0.25) is 5.91 Å². The highest BCUT2D eigenvalue weighted by molar-refractivity contribution is 7.98. The number of aliphatic hydroxyl groups excluding tert-OH is 1. The average Bonchev–Trinajstić information content (AvgIpc) is 2.78. The third kappa shape index (κ3) is 5.59. The Kier molecular flexibility index (Phi) is 7.15. The Balaban J connectivity index is 1.69. The fourth-order valence-corrected chi connectivity index (χ4v) is 3.20. The minimum absolute atomic E-state index is 0.0123. The fourth-order valence-electron chi connectivity index (χ4n) is 2.31. The minimum Gasteiger partial charge on any atom is -0.396 e. The lowest BCUT2D eigenvalue weighted by Crippen LogP contribution is -2.36. The highest BCUT2D eigenvalue weighted by atomic mass is 32.2. The lowest BCUT2D eigenvalue weighted by atomic mass is 10.1. The van der Waals surface area contributed by atoms with E-state index in [-0.39, 0.29) is 24.2 Å². The van der Waals surface area contributed by atoms with Crippen LogP contribution >= 0.6 is 11.8 Å². The van der Waals surface area contributed by atoms with Crippen LogP contribution in [0.3, 0.4) is 0 Å². The van der Waals surface area contributed by atoms with Gasteiger partial charge in [-0.1, -0.05) is 12.1 Å². The van der Waals surface area contributed by atoms with Crippen LogP contribution in [0.5, 0.6) is 0 Å². The molecule has 1 fully saturated rings. The van der Waals surface area contributed by atoms with Crippen molar-refractivity contribution in [3.63, 3.8) is 0 Å². The number of aliphatic hydroxyl groups is 1. The SMILES string of the molecule is O=C(CCSCc1ccc(F)cc1)N1CCOC[C@@H](CO)C1. The van der Waals surface area contributed by atoms with Crippen molar-refractivity contribution < 1.29 is 19.0 Å². The molecule has 0 radical (unpaired) electrons. The average molecular weight is 327 g/mol. The molecule has 22 heavy (non-hydrogen) atoms. The molecular weight excluding hydrogens is 305 g/mol. The van der Waals surface area contributed by atoms with E-state index in [9.17, 15) is 14.3 Å². The van der Waals surface area contributed by atoms with Crippen LogP contribution in [0.1, 0.15) is 12.0 Å². The Morgan fingerprint density at radius 3 is 2.91 bits per heavy atom. The summed E-state index contributed by atoms with van der Waals surface area (Å²) in [5, 5.41) is 9.23. The summed E-state index contributed by atoms with van der Waals surface area (Å²) in [6.45, 7) is 2.25. The number of amides is 1. The van der Waals surface area contributed by atoms with E-state index in [0.717, 1.165) is 17.1 Å². The zero-order chi connectivity index (χ0) is 15.8. The minimum atomic E-state index is -0.231. The van der Waals surface area contributed by atoms with Crippen LogP contribution in [0.4, 0.5) is 4.39 Å². The fraction of sp³-hybridized carbons (Fsp3) is 0.562. The Morgan fingerprint density at radius 2 is 2.18 bits per heavy atom. The second kappa shape index (κ2) is 9.12. The third-order valence-corrected chi connectivity index (χ3v) is 4.62. The van der Waals surface area contributed by atoms with Gasteiger partial charge in [-0.25, -0.2) is 4.39 Å². The summed E-state index contributed by atoms with van der Waals surface area (Å²) in [7, 11) is 0. The van der Waals surface area contributed by atoms with Crippen LogP contribution in [-0.4, -0.2) is 54.6 Å². The number of carbonyl (C=O) groups is 1. The lowest BCUT2D eigenvalue weighted by Gasteiger charge is -2.22. The topological polar surface area (TPSA) is 49.8 Å². The van der Waals surface area contributed by atoms with Crippen molar-refractivity contribution >= 4 is 17.7 Å². The van der Waals surface area contributed by atoms with Gasteiger partial charge in [0, 0.05) is 43.5 Å². The molecular formula is C16H22FNO3S. The van der Waals surface area contributed by atoms with Gasteiger partial charge in [0.15, 0.2) is 0 Å². The molecule has 6 heteroatoms. The van der Waals surface area contributed by atoms with Crippen molar-refractivity contribution in [2.75, 3.05) is 38.7 Å². The lowest BCUT2D eigenvalue weighted by molar-refractivity contribution is -0.131. The quantitative estimate of drug-likeness (QED) is 0.811. The second-order valence-corrected chi connectivity index (χ2v) is 6.50. The largest absolute Gasteiger partial charge is 0.396 e. The zero-order valence-electron chi connectivity index (χ0n) is 12.5. The molecule has 0 saturated carbocycles. The van der Waals surface area contributed by atoms with Crippen molar-refractivity contribution in [3.05, 3.63) is 35.6 Å². The van der Waals surface area contributed by atoms with E-state index < -0.39 is 0 Å². The van der Waals surface area contributed by atoms with Crippen molar-refractivity contribution in [3.8, 4) is 0 Å². The Hall–Kier alpha value is -1.11. The van der Waals surface area contributed by atoms with E-state index >= 15 is 0 Å². The number of carbonyl (C=O) groups excluding carboxylic acids is 1. The second-order valence-electron chi connectivity index (χ2n) is 5.39. The van der Waals surface area contributed by atoms with Gasteiger partial charge >= 0.3 is 0 Å². The number of ether oxygens (including phenoxy) is 1. The van der Waals surface area contributed by atoms with E-state index in [1.54, 1.807) is 28.8 Å². The molecule has 1 aromatic rings. The van der Waals surface area contributed by atoms with Crippen LogP contribution in [0.25, 0.3) is 0 Å². The first-order valence-corrected chi connectivity index (χ1v) is 8.63. The van der Waals surface area contributed by atoms with Gasteiger partial charge in [-0.15, -0.1) is 0 Å². The van der Waals surface area contributed by atoms with E-state index in [2.05, 4.69) is 0 Å². The molecule has 1 saturated heterocycles. The summed E-state index contributed by atoms with van der Waals surface area (Å²) in [4.78, 5) is 14.0. The smallest absolute Gasteiger partial charge is 0.223 e. The van der Waals surface area contributed by atoms with Crippen LogP contribution in [-0.2, 0) is 15.3 Å². The number of rotatable bonds is 6. The molecule has 1 amide bonds. The van der Waals surface area contributed by atoms with Crippen LogP contribution < -0.4 is 0 Å². The van der Waals surface area contributed by atoms with Crippen LogP contribution in [0.15, 0.2) is 24.3 Å². The maximum absolute atomic E-state index is 12.8. The van der Waals surface area contributed by atoms with Gasteiger partial charge in [0.1, 0.15) is 5.82 Å². The normalized spacial score (nSPS) is 19.0. The number of halogens is 1. The number of benzene rings is 1. The molecule has 122 valence electrons. The molecule has 0 bridgehead atoms. The predicted molar refractivity (Wildman–Crippen MR) is 85.2 cm³/mol. The standard InChI is InChI=1S/C16H22FNO3S/c17-15-3-1-13(2-4-15)12-22-8-5-16(20)18-6-7-21-11-14(9-18)10-19/h1-4,14,19H,5-12H2/t14-/m1/s1. The van der Waals surface area contributed by atoms with E-state index in [1.165, 1.54) is 12.1 Å². The van der Waals surface area contributed by atoms with Crippen LogP contribution in [0, 0.1) is 11.7 Å². The molecule has 1 atom stereocenters. The first-order chi connectivity index (χ1) is 10.7. The van der Waals surface area contributed by atoms with Gasteiger partial charge in [-0.2, -0.15) is 11.8 Å². The van der Waals surface area contributed by atoms with Crippen molar-refractivity contribution in [1.29, 1.82) is 0 Å². The highest BCUT2D eigenvalue weighted by Gasteiger charge is 2.21. The highest BCUT2D eigenvalue weighted by Crippen LogP contribution is 2.15. The van der Waals surface area contributed by atoms with E-state index in [4.69, 9.17) is 4.74 Å². The van der Waals surface area contributed by atoms with Gasteiger partial charge in [0.25, 0.3) is 0 Å². The monoisotopic (exact) mass is 327 g/mol. The molecule has 1 heterocycles. The van der Waals surface area contributed by atoms with Gasteiger partial charge in [-0.3, -0.25) is 4.79 Å². The van der Waals surface area contributed by atoms with Gasteiger partial charge in [-0.05, 0) is 17.7 Å². The molecule has 1 aromatic carbocycles. The van der Waals surface area contributed by atoms with Crippen molar-refractivity contribution in [1.82, 2.24) is 4.90 Å². The summed E-state index contributed by atoms with van der Waals surface area (Å²) in [5.41, 5.74) is 1.06. The zero-order valence-corrected chi connectivity index (χ0v) is 13.4. The number of hydrogen-bond donors (Lipinski definition) is 1.